The van der Waals surface area contributed by atoms with E-state index in [1.165, 1.54) is 6.33 Å². The minimum atomic E-state index is 0.0657. The highest BCUT2D eigenvalue weighted by molar-refractivity contribution is 6.30. The summed E-state index contributed by atoms with van der Waals surface area (Å²) in [6, 6.07) is 10.0. The third kappa shape index (κ3) is 4.45. The summed E-state index contributed by atoms with van der Waals surface area (Å²) in [6.07, 6.45) is 1.88. The number of nitrogens with zero attached hydrogens (tertiary/aromatic N) is 4. The summed E-state index contributed by atoms with van der Waals surface area (Å²) in [6.45, 7) is 2.44. The Morgan fingerprint density at radius 1 is 1.17 bits per heavy atom. The first-order valence-corrected chi connectivity index (χ1v) is 8.23. The molecule has 0 aliphatic rings. The van der Waals surface area contributed by atoms with Crippen LogP contribution in [-0.4, -0.2) is 41.9 Å². The van der Waals surface area contributed by atoms with Crippen LogP contribution in [0.5, 0.6) is 0 Å². The Balaban J connectivity index is 2.07. The van der Waals surface area contributed by atoms with E-state index in [9.17, 15) is 4.79 Å². The molecule has 24 heavy (non-hydrogen) atoms. The molecule has 1 unspecified atom stereocenters. The fraction of sp³-hybridized carbons (Fsp3) is 0.389. The number of hydrogen-bond acceptors (Lipinski definition) is 4. The van der Waals surface area contributed by atoms with Gasteiger partial charge in [-0.25, -0.2) is 9.97 Å². The van der Waals surface area contributed by atoms with Crippen LogP contribution < -0.4 is 4.90 Å². The Kier molecular flexibility index (Phi) is 6.15. The van der Waals surface area contributed by atoms with Crippen molar-refractivity contribution in [1.82, 2.24) is 14.9 Å². The minimum Gasteiger partial charge on any atom is -0.362 e. The molecule has 1 aromatic heterocycles. The molecule has 1 atom stereocenters. The molecule has 0 aliphatic carbocycles. The zero-order chi connectivity index (χ0) is 17.7. The second kappa shape index (κ2) is 8.11. The van der Waals surface area contributed by atoms with Crippen LogP contribution in [0.2, 0.25) is 5.15 Å². The van der Waals surface area contributed by atoms with E-state index < -0.39 is 0 Å². The van der Waals surface area contributed by atoms with E-state index in [4.69, 9.17) is 11.6 Å². The molecule has 1 heterocycles. The van der Waals surface area contributed by atoms with Crippen molar-refractivity contribution in [2.24, 2.45) is 0 Å². The van der Waals surface area contributed by atoms with Crippen LogP contribution in [-0.2, 0) is 11.3 Å². The third-order valence-corrected chi connectivity index (χ3v) is 4.29. The van der Waals surface area contributed by atoms with Crippen molar-refractivity contribution in [1.29, 1.82) is 0 Å². The number of rotatable bonds is 6. The lowest BCUT2D eigenvalue weighted by molar-refractivity contribution is -0.130. The molecule has 2 aromatic rings. The smallest absolute Gasteiger partial charge is 0.223 e. The van der Waals surface area contributed by atoms with Gasteiger partial charge in [0.05, 0.1) is 12.1 Å². The average Bonchev–Trinajstić information content (AvgIpc) is 2.57. The zero-order valence-corrected chi connectivity index (χ0v) is 15.3. The molecule has 2 rings (SSSR count). The predicted molar refractivity (Wildman–Crippen MR) is 97.3 cm³/mol. The van der Waals surface area contributed by atoms with Crippen molar-refractivity contribution < 1.29 is 4.79 Å². The largest absolute Gasteiger partial charge is 0.362 e. The number of hydrogen-bond donors (Lipinski definition) is 0. The molecule has 0 saturated heterocycles. The van der Waals surface area contributed by atoms with Gasteiger partial charge in [0.15, 0.2) is 0 Å². The molecule has 0 bridgehead atoms. The van der Waals surface area contributed by atoms with Crippen molar-refractivity contribution in [2.75, 3.05) is 26.0 Å². The summed E-state index contributed by atoms with van der Waals surface area (Å²) >= 11 is 6.21. The Hall–Kier alpha value is -2.14. The van der Waals surface area contributed by atoms with Crippen LogP contribution in [0.25, 0.3) is 0 Å². The van der Waals surface area contributed by atoms with Gasteiger partial charge in [0, 0.05) is 27.6 Å². The second-order valence-electron chi connectivity index (χ2n) is 6.13. The molecule has 6 heteroatoms. The van der Waals surface area contributed by atoms with Gasteiger partial charge in [0.1, 0.15) is 17.3 Å². The first-order chi connectivity index (χ1) is 11.4. The van der Waals surface area contributed by atoms with Crippen LogP contribution in [0.3, 0.4) is 0 Å². The van der Waals surface area contributed by atoms with E-state index in [-0.39, 0.29) is 11.8 Å². The van der Waals surface area contributed by atoms with Crippen LogP contribution in [0.4, 0.5) is 5.82 Å². The van der Waals surface area contributed by atoms with Gasteiger partial charge in [-0.05, 0) is 11.5 Å². The molecule has 0 radical (unpaired) electrons. The predicted octanol–water partition coefficient (Wildman–Crippen LogP) is 3.35. The quantitative estimate of drug-likeness (QED) is 0.753. The summed E-state index contributed by atoms with van der Waals surface area (Å²) < 4.78 is 0. The Morgan fingerprint density at radius 3 is 2.46 bits per heavy atom. The highest BCUT2D eigenvalue weighted by Gasteiger charge is 2.19. The first-order valence-electron chi connectivity index (χ1n) is 7.85. The number of halogens is 1. The Bertz CT molecular complexity index is 691. The molecular formula is C18H23ClN4O. The Labute approximate surface area is 148 Å². The zero-order valence-electron chi connectivity index (χ0n) is 14.5. The van der Waals surface area contributed by atoms with Gasteiger partial charge in [-0.3, -0.25) is 4.79 Å². The molecule has 128 valence electrons. The number of aromatic nitrogens is 2. The van der Waals surface area contributed by atoms with Crippen LogP contribution in [0.15, 0.2) is 36.7 Å². The van der Waals surface area contributed by atoms with Crippen molar-refractivity contribution in [3.05, 3.63) is 52.9 Å². The van der Waals surface area contributed by atoms with E-state index in [1.807, 2.05) is 49.3 Å². The van der Waals surface area contributed by atoms with E-state index in [0.29, 0.717) is 18.1 Å². The fourth-order valence-electron chi connectivity index (χ4n) is 2.55. The van der Waals surface area contributed by atoms with Gasteiger partial charge in [0.2, 0.25) is 5.91 Å². The molecule has 5 nitrogen and oxygen atoms in total. The normalized spacial score (nSPS) is 11.9. The minimum absolute atomic E-state index is 0.0657. The molecule has 1 amide bonds. The number of amides is 1. The maximum Gasteiger partial charge on any atom is 0.223 e. The lowest BCUT2D eigenvalue weighted by atomic mass is 9.97. The summed E-state index contributed by atoms with van der Waals surface area (Å²) in [5, 5.41) is 0.379. The Morgan fingerprint density at radius 2 is 1.83 bits per heavy atom. The molecule has 0 aliphatic heterocycles. The molecule has 0 spiro atoms. The summed E-state index contributed by atoms with van der Waals surface area (Å²) in [5.74, 6) is 0.957. The van der Waals surface area contributed by atoms with Crippen LogP contribution in [0.1, 0.15) is 30.4 Å². The van der Waals surface area contributed by atoms with E-state index in [2.05, 4.69) is 16.9 Å². The van der Waals surface area contributed by atoms with Crippen molar-refractivity contribution in [2.45, 2.75) is 25.8 Å². The summed E-state index contributed by atoms with van der Waals surface area (Å²) in [4.78, 5) is 24.4. The lowest BCUT2D eigenvalue weighted by Gasteiger charge is -2.23. The highest BCUT2D eigenvalue weighted by Crippen LogP contribution is 2.25. The maximum absolute atomic E-state index is 12.6. The van der Waals surface area contributed by atoms with Gasteiger partial charge in [-0.2, -0.15) is 0 Å². The van der Waals surface area contributed by atoms with Crippen molar-refractivity contribution >= 4 is 23.3 Å². The number of carbonyl (C=O) groups is 1. The third-order valence-electron chi connectivity index (χ3n) is 3.96. The SMILES string of the molecule is CC(CC(=O)N(C)Cc1c(Cl)ncnc1N(C)C)c1ccccc1. The number of anilines is 1. The topological polar surface area (TPSA) is 49.3 Å². The van der Waals surface area contributed by atoms with Crippen molar-refractivity contribution in [3.63, 3.8) is 0 Å². The molecule has 0 saturated carbocycles. The second-order valence-corrected chi connectivity index (χ2v) is 6.48. The standard InChI is InChI=1S/C18H23ClN4O/c1-13(14-8-6-5-7-9-14)10-16(24)23(4)11-15-17(19)20-12-21-18(15)22(2)3/h5-9,12-13H,10-11H2,1-4H3. The molecule has 1 aromatic carbocycles. The van der Waals surface area contributed by atoms with Gasteiger partial charge in [-0.15, -0.1) is 0 Å². The molecule has 0 fully saturated rings. The van der Waals surface area contributed by atoms with Gasteiger partial charge < -0.3 is 9.80 Å². The van der Waals surface area contributed by atoms with E-state index in [0.717, 1.165) is 16.9 Å². The maximum atomic E-state index is 12.6. The fourth-order valence-corrected chi connectivity index (χ4v) is 2.73. The lowest BCUT2D eigenvalue weighted by Crippen LogP contribution is -2.28. The first kappa shape index (κ1) is 18.2. The van der Waals surface area contributed by atoms with Gasteiger partial charge in [0.25, 0.3) is 0 Å². The summed E-state index contributed by atoms with van der Waals surface area (Å²) in [5.41, 5.74) is 1.92. The summed E-state index contributed by atoms with van der Waals surface area (Å²) in [7, 11) is 5.56. The molecule has 0 N–H and O–H groups in total. The van der Waals surface area contributed by atoms with Crippen molar-refractivity contribution in [3.8, 4) is 0 Å². The van der Waals surface area contributed by atoms with E-state index >= 15 is 0 Å². The van der Waals surface area contributed by atoms with Crippen LogP contribution >= 0.6 is 11.6 Å². The highest BCUT2D eigenvalue weighted by atomic mass is 35.5. The van der Waals surface area contributed by atoms with E-state index in [1.54, 1.807) is 11.9 Å². The van der Waals surface area contributed by atoms with Crippen LogP contribution in [0, 0.1) is 0 Å². The number of carbonyl (C=O) groups excluding carboxylic acids is 1. The number of benzene rings is 1. The van der Waals surface area contributed by atoms with Gasteiger partial charge in [-0.1, -0.05) is 48.9 Å². The average molecular weight is 347 g/mol. The van der Waals surface area contributed by atoms with Gasteiger partial charge >= 0.3 is 0 Å². The monoisotopic (exact) mass is 346 g/mol. The molecular weight excluding hydrogens is 324 g/mol.